The van der Waals surface area contributed by atoms with Gasteiger partial charge < -0.3 is 9.47 Å². The van der Waals surface area contributed by atoms with Gasteiger partial charge in [0.05, 0.1) is 0 Å². The van der Waals surface area contributed by atoms with Crippen molar-refractivity contribution in [2.45, 2.75) is 129 Å². The van der Waals surface area contributed by atoms with E-state index in [0.29, 0.717) is 26.1 Å². The lowest BCUT2D eigenvalue weighted by atomic mass is 9.84. The van der Waals surface area contributed by atoms with Gasteiger partial charge >= 0.3 is 11.9 Å². The van der Waals surface area contributed by atoms with Crippen LogP contribution >= 0.6 is 0 Å². The number of unbranched alkanes of at least 4 members (excludes halogenated alkanes) is 12. The Morgan fingerprint density at radius 1 is 0.606 bits per heavy atom. The molecule has 0 amide bonds. The number of esters is 2. The average molecular weight is 465 g/mol. The Kier molecular flexibility index (Phi) is 21.2. The van der Waals surface area contributed by atoms with Gasteiger partial charge in [-0.05, 0) is 51.4 Å². The van der Waals surface area contributed by atoms with Gasteiger partial charge in [0, 0.05) is 18.3 Å². The maximum atomic E-state index is 12.2. The number of ether oxygens (including phenoxy) is 2. The summed E-state index contributed by atoms with van der Waals surface area (Å²) in [6.45, 7) is 12.3. The van der Waals surface area contributed by atoms with Crippen molar-refractivity contribution in [1.29, 1.82) is 0 Å². The highest BCUT2D eigenvalue weighted by Gasteiger charge is 2.30. The van der Waals surface area contributed by atoms with E-state index in [1.807, 2.05) is 12.2 Å². The van der Waals surface area contributed by atoms with Crippen molar-refractivity contribution in [1.82, 2.24) is 0 Å². The third-order valence-electron chi connectivity index (χ3n) is 6.66. The molecule has 0 rings (SSSR count). The van der Waals surface area contributed by atoms with E-state index in [9.17, 15) is 9.59 Å². The summed E-state index contributed by atoms with van der Waals surface area (Å²) in [5.74, 6) is -0.264. The second kappa shape index (κ2) is 22.2. The summed E-state index contributed by atoms with van der Waals surface area (Å²) in [5, 5.41) is 0. The van der Waals surface area contributed by atoms with Gasteiger partial charge in [-0.3, -0.25) is 9.59 Å². The molecule has 0 spiro atoms. The fourth-order valence-electron chi connectivity index (χ4n) is 3.84. The van der Waals surface area contributed by atoms with Gasteiger partial charge in [-0.2, -0.15) is 0 Å². The van der Waals surface area contributed by atoms with Crippen LogP contribution in [0.3, 0.4) is 0 Å². The number of carbonyl (C=O) groups is 2. The van der Waals surface area contributed by atoms with Gasteiger partial charge in [-0.15, -0.1) is 13.2 Å². The highest BCUT2D eigenvalue weighted by atomic mass is 16.5. The summed E-state index contributed by atoms with van der Waals surface area (Å²) in [4.78, 5) is 24.3. The monoisotopic (exact) mass is 464 g/mol. The predicted molar refractivity (Wildman–Crippen MR) is 139 cm³/mol. The van der Waals surface area contributed by atoms with Crippen LogP contribution in [0.1, 0.15) is 129 Å². The van der Waals surface area contributed by atoms with Crippen molar-refractivity contribution in [3.05, 3.63) is 25.3 Å². The van der Waals surface area contributed by atoms with Gasteiger partial charge in [-0.25, -0.2) is 0 Å². The summed E-state index contributed by atoms with van der Waals surface area (Å²) in [5.41, 5.74) is -0.276. The number of hydrogen-bond donors (Lipinski definition) is 0. The molecule has 192 valence electrons. The second-order valence-electron chi connectivity index (χ2n) is 9.43. The van der Waals surface area contributed by atoms with Crippen molar-refractivity contribution >= 4 is 11.9 Å². The normalized spacial score (nSPS) is 11.2. The first-order chi connectivity index (χ1) is 16.0. The molecule has 0 aliphatic carbocycles. The Hall–Kier alpha value is -1.58. The number of allylic oxidation sites excluding steroid dienone is 2. The van der Waals surface area contributed by atoms with E-state index in [0.717, 1.165) is 51.4 Å². The molecule has 0 aromatic carbocycles. The zero-order valence-corrected chi connectivity index (χ0v) is 21.8. The van der Waals surface area contributed by atoms with Crippen molar-refractivity contribution in [3.63, 3.8) is 0 Å². The lowest BCUT2D eigenvalue weighted by Gasteiger charge is -2.30. The molecule has 0 bridgehead atoms. The molecule has 0 atom stereocenters. The lowest BCUT2D eigenvalue weighted by Crippen LogP contribution is -2.33. The molecule has 0 aliphatic heterocycles. The van der Waals surface area contributed by atoms with Crippen LogP contribution in [0.5, 0.6) is 0 Å². The molecule has 0 aliphatic rings. The zero-order valence-electron chi connectivity index (χ0n) is 21.8. The highest BCUT2D eigenvalue weighted by molar-refractivity contribution is 5.69. The molecule has 0 saturated heterocycles. The van der Waals surface area contributed by atoms with E-state index in [2.05, 4.69) is 27.0 Å². The Morgan fingerprint density at radius 3 is 1.27 bits per heavy atom. The Morgan fingerprint density at radius 2 is 0.939 bits per heavy atom. The van der Waals surface area contributed by atoms with Crippen LogP contribution in [-0.2, 0) is 19.1 Å². The molecule has 0 radical (unpaired) electrons. The van der Waals surface area contributed by atoms with Gasteiger partial charge in [0.1, 0.15) is 13.2 Å². The Balaban J connectivity index is 3.98. The van der Waals surface area contributed by atoms with Crippen LogP contribution in [0, 0.1) is 5.41 Å². The van der Waals surface area contributed by atoms with E-state index in [1.165, 1.54) is 51.4 Å². The first-order valence-electron chi connectivity index (χ1n) is 13.6. The minimum atomic E-state index is -0.276. The molecule has 0 aromatic heterocycles. The predicted octanol–water partition coefficient (Wildman–Crippen LogP) is 8.49. The fourth-order valence-corrected chi connectivity index (χ4v) is 3.84. The van der Waals surface area contributed by atoms with Crippen LogP contribution in [0.2, 0.25) is 0 Å². The van der Waals surface area contributed by atoms with Crippen LogP contribution < -0.4 is 0 Å². The van der Waals surface area contributed by atoms with Crippen molar-refractivity contribution < 1.29 is 19.1 Å². The van der Waals surface area contributed by atoms with Crippen molar-refractivity contribution in [3.8, 4) is 0 Å². The van der Waals surface area contributed by atoms with E-state index < -0.39 is 0 Å². The third-order valence-corrected chi connectivity index (χ3v) is 6.66. The number of carbonyl (C=O) groups excluding carboxylic acids is 2. The van der Waals surface area contributed by atoms with Crippen LogP contribution in [0.25, 0.3) is 0 Å². The third kappa shape index (κ3) is 18.5. The number of rotatable bonds is 24. The first-order valence-corrected chi connectivity index (χ1v) is 13.6. The van der Waals surface area contributed by atoms with Crippen LogP contribution in [0.15, 0.2) is 25.3 Å². The van der Waals surface area contributed by atoms with Crippen molar-refractivity contribution in [2.24, 2.45) is 5.41 Å². The molecule has 33 heavy (non-hydrogen) atoms. The van der Waals surface area contributed by atoms with Crippen molar-refractivity contribution in [2.75, 3.05) is 13.2 Å². The fraction of sp³-hybridized carbons (Fsp3) is 0.793. The van der Waals surface area contributed by atoms with E-state index in [1.54, 1.807) is 0 Å². The molecule has 0 aromatic rings. The minimum absolute atomic E-state index is 0.132. The largest absolute Gasteiger partial charge is 0.465 e. The summed E-state index contributed by atoms with van der Waals surface area (Å²) < 4.78 is 11.2. The smallest absolute Gasteiger partial charge is 0.305 e. The molecule has 0 N–H and O–H groups in total. The molecule has 0 fully saturated rings. The quantitative estimate of drug-likeness (QED) is 0.0816. The maximum Gasteiger partial charge on any atom is 0.305 e. The van der Waals surface area contributed by atoms with Gasteiger partial charge in [-0.1, -0.05) is 77.4 Å². The summed E-state index contributed by atoms with van der Waals surface area (Å²) in [7, 11) is 0. The van der Waals surface area contributed by atoms with Crippen LogP contribution in [-0.4, -0.2) is 25.2 Å². The van der Waals surface area contributed by atoms with Crippen LogP contribution in [0.4, 0.5) is 0 Å². The molecule has 4 heteroatoms. The summed E-state index contributed by atoms with van der Waals surface area (Å²) >= 11 is 0. The van der Waals surface area contributed by atoms with Gasteiger partial charge in [0.15, 0.2) is 0 Å². The maximum absolute atomic E-state index is 12.2. The molecule has 4 nitrogen and oxygen atoms in total. The molecular formula is C29H52O4. The van der Waals surface area contributed by atoms with E-state index in [-0.39, 0.29) is 17.4 Å². The minimum Gasteiger partial charge on any atom is -0.465 e. The van der Waals surface area contributed by atoms with Gasteiger partial charge in [0.2, 0.25) is 0 Å². The lowest BCUT2D eigenvalue weighted by molar-refractivity contribution is -0.154. The van der Waals surface area contributed by atoms with E-state index in [4.69, 9.17) is 9.47 Å². The average Bonchev–Trinajstić information content (AvgIpc) is 2.83. The molecular weight excluding hydrogens is 412 g/mol. The highest BCUT2D eigenvalue weighted by Crippen LogP contribution is 2.28. The Bertz CT molecular complexity index is 466. The topological polar surface area (TPSA) is 52.6 Å². The van der Waals surface area contributed by atoms with E-state index >= 15 is 0 Å². The van der Waals surface area contributed by atoms with Gasteiger partial charge in [0.25, 0.3) is 0 Å². The molecule has 0 saturated carbocycles. The zero-order chi connectivity index (χ0) is 24.6. The SMILES string of the molecule is C=CCCCCCCCCC(=O)OCC(CC)(CC)COC(=O)CCCCCCCCC=C. The first kappa shape index (κ1) is 31.4. The summed E-state index contributed by atoms with van der Waals surface area (Å²) in [6.07, 6.45) is 22.3. The molecule has 0 unspecified atom stereocenters. The number of hydrogen-bond acceptors (Lipinski definition) is 4. The Labute approximate surface area is 204 Å². The summed E-state index contributed by atoms with van der Waals surface area (Å²) in [6, 6.07) is 0. The standard InChI is InChI=1S/C29H52O4/c1-5-9-11-13-15-17-19-21-23-27(30)32-25-29(7-3,8-4)26-33-28(31)24-22-20-18-16-14-12-10-6-2/h5-6H,1-2,7-26H2,3-4H3. The molecule has 0 heterocycles. The second-order valence-corrected chi connectivity index (χ2v) is 9.43.